The molecular weight excluding hydrogens is 608 g/mol. The van der Waals surface area contributed by atoms with Crippen LogP contribution in [0.3, 0.4) is 0 Å². The highest BCUT2D eigenvalue weighted by Gasteiger charge is 2.34. The van der Waals surface area contributed by atoms with Crippen molar-refractivity contribution in [3.63, 3.8) is 0 Å². The van der Waals surface area contributed by atoms with Gasteiger partial charge in [-0.25, -0.2) is 0 Å². The van der Waals surface area contributed by atoms with E-state index in [2.05, 4.69) is 13.8 Å². The number of rotatable bonds is 8. The molecule has 0 unspecified atom stereocenters. The van der Waals surface area contributed by atoms with E-state index in [1.165, 1.54) is 42.7 Å². The number of ether oxygens (including phenoxy) is 3. The summed E-state index contributed by atoms with van der Waals surface area (Å²) >= 11 is 0. The molecule has 0 atom stereocenters. The molecule has 9 nitrogen and oxygen atoms in total. The molecule has 1 aromatic heterocycles. The highest BCUT2D eigenvalue weighted by Crippen LogP contribution is 2.42. The minimum absolute atomic E-state index is 0.0155. The van der Waals surface area contributed by atoms with E-state index in [1.54, 1.807) is 35.4 Å². The molecule has 4 fully saturated rings. The van der Waals surface area contributed by atoms with Crippen LogP contribution >= 0.6 is 0 Å². The van der Waals surface area contributed by atoms with Crippen molar-refractivity contribution < 1.29 is 28.6 Å². The maximum absolute atomic E-state index is 13.9. The normalized spacial score (nSPS) is 28.0. The quantitative estimate of drug-likeness (QED) is 0.223. The highest BCUT2D eigenvalue weighted by atomic mass is 16.5. The van der Waals surface area contributed by atoms with Gasteiger partial charge in [-0.15, -0.1) is 0 Å². The molecule has 0 spiro atoms. The van der Waals surface area contributed by atoms with Crippen molar-refractivity contribution in [3.8, 4) is 17.2 Å². The Morgan fingerprint density at radius 2 is 1.40 bits per heavy atom. The average molecular weight is 661 g/mol. The first kappa shape index (κ1) is 34.4. The summed E-state index contributed by atoms with van der Waals surface area (Å²) in [6.45, 7) is 6.15. The van der Waals surface area contributed by atoms with Gasteiger partial charge in [-0.1, -0.05) is 33.1 Å². The molecule has 1 amide bonds. The number of nitrogens with zero attached hydrogens (tertiary/aromatic N) is 2. The Hall–Kier alpha value is -3.46. The molecule has 1 saturated heterocycles. The van der Waals surface area contributed by atoms with Crippen molar-refractivity contribution in [3.05, 3.63) is 52.4 Å². The fourth-order valence-electron chi connectivity index (χ4n) is 8.40. The Kier molecular flexibility index (Phi) is 11.3. The van der Waals surface area contributed by atoms with E-state index < -0.39 is 5.56 Å². The maximum atomic E-state index is 13.9. The Morgan fingerprint density at radius 3 is 2.04 bits per heavy atom. The molecule has 0 N–H and O–H groups in total. The number of esters is 2. The van der Waals surface area contributed by atoms with Crippen molar-refractivity contribution in [2.45, 2.75) is 97.3 Å². The second-order valence-electron chi connectivity index (χ2n) is 14.7. The first-order valence-electron chi connectivity index (χ1n) is 18.5. The minimum Gasteiger partial charge on any atom is -0.426 e. The Morgan fingerprint density at radius 1 is 0.792 bits per heavy atom. The lowest BCUT2D eigenvalue weighted by atomic mass is 9.69. The lowest BCUT2D eigenvalue weighted by molar-refractivity contribution is -0.141. The first-order chi connectivity index (χ1) is 23.3. The van der Waals surface area contributed by atoms with Crippen LogP contribution in [0.5, 0.6) is 11.5 Å². The molecule has 48 heavy (non-hydrogen) atoms. The number of benzene rings is 1. The predicted octanol–water partition coefficient (Wildman–Crippen LogP) is 6.97. The number of amides is 1. The predicted molar refractivity (Wildman–Crippen MR) is 182 cm³/mol. The summed E-state index contributed by atoms with van der Waals surface area (Å²) in [4.78, 5) is 55.6. The molecule has 4 aliphatic rings. The molecule has 3 aliphatic carbocycles. The Balaban J connectivity index is 1.21. The van der Waals surface area contributed by atoms with E-state index in [0.29, 0.717) is 38.1 Å². The molecule has 1 aliphatic heterocycles. The highest BCUT2D eigenvalue weighted by molar-refractivity contribution is 5.94. The Labute approximate surface area is 284 Å². The third kappa shape index (κ3) is 8.04. The zero-order valence-corrected chi connectivity index (χ0v) is 28.7. The van der Waals surface area contributed by atoms with Crippen LogP contribution < -0.4 is 15.0 Å². The second-order valence-corrected chi connectivity index (χ2v) is 14.7. The largest absolute Gasteiger partial charge is 0.426 e. The van der Waals surface area contributed by atoms with Crippen molar-refractivity contribution in [1.82, 2.24) is 9.47 Å². The van der Waals surface area contributed by atoms with Gasteiger partial charge in [-0.3, -0.25) is 23.7 Å². The molecule has 260 valence electrons. The summed E-state index contributed by atoms with van der Waals surface area (Å²) in [5.41, 5.74) is -0.259. The van der Waals surface area contributed by atoms with Gasteiger partial charge in [0.05, 0.1) is 30.7 Å². The lowest BCUT2D eigenvalue weighted by Gasteiger charge is -2.37. The van der Waals surface area contributed by atoms with Gasteiger partial charge in [0.2, 0.25) is 0 Å². The molecule has 9 heteroatoms. The third-order valence-corrected chi connectivity index (χ3v) is 11.7. The number of hydrogen-bond acceptors (Lipinski definition) is 7. The van der Waals surface area contributed by atoms with Gasteiger partial charge in [0.1, 0.15) is 11.3 Å². The van der Waals surface area contributed by atoms with E-state index in [9.17, 15) is 19.2 Å². The van der Waals surface area contributed by atoms with Gasteiger partial charge in [-0.2, -0.15) is 0 Å². The van der Waals surface area contributed by atoms with Gasteiger partial charge in [-0.05, 0) is 112 Å². The number of aromatic nitrogens is 1. The van der Waals surface area contributed by atoms with E-state index >= 15 is 0 Å². The number of morpholine rings is 1. The topological polar surface area (TPSA) is 104 Å². The molecule has 2 heterocycles. The van der Waals surface area contributed by atoms with Crippen LogP contribution in [0.25, 0.3) is 5.69 Å². The number of pyridine rings is 1. The van der Waals surface area contributed by atoms with Gasteiger partial charge in [0.15, 0.2) is 5.75 Å². The van der Waals surface area contributed by atoms with Crippen LogP contribution in [0.15, 0.2) is 41.3 Å². The van der Waals surface area contributed by atoms with Crippen LogP contribution in [-0.4, -0.2) is 53.6 Å². The fourth-order valence-corrected chi connectivity index (χ4v) is 8.40. The molecular formula is C39H52N2O7. The van der Waals surface area contributed by atoms with Gasteiger partial charge in [0, 0.05) is 25.4 Å². The number of carbonyl (C=O) groups is 3. The summed E-state index contributed by atoms with van der Waals surface area (Å²) < 4.78 is 18.6. The molecule has 0 radical (unpaired) electrons. The van der Waals surface area contributed by atoms with Crippen molar-refractivity contribution >= 4 is 17.8 Å². The van der Waals surface area contributed by atoms with Crippen LogP contribution in [0.4, 0.5) is 0 Å². The second kappa shape index (κ2) is 15.8. The van der Waals surface area contributed by atoms with E-state index in [1.807, 2.05) is 0 Å². The van der Waals surface area contributed by atoms with Crippen LogP contribution in [0, 0.1) is 35.5 Å². The molecule has 2 aromatic rings. The first-order valence-corrected chi connectivity index (χ1v) is 18.5. The summed E-state index contributed by atoms with van der Waals surface area (Å²) in [5, 5.41) is 0. The fraction of sp³-hybridized carbons (Fsp3) is 0.641. The van der Waals surface area contributed by atoms with Crippen LogP contribution in [0.2, 0.25) is 0 Å². The van der Waals surface area contributed by atoms with Crippen molar-refractivity contribution in [2.75, 3.05) is 26.3 Å². The summed E-state index contributed by atoms with van der Waals surface area (Å²) in [7, 11) is 0. The lowest BCUT2D eigenvalue weighted by Crippen LogP contribution is -2.43. The smallest absolute Gasteiger partial charge is 0.314 e. The molecule has 3 saturated carbocycles. The minimum atomic E-state index is -0.533. The van der Waals surface area contributed by atoms with Crippen LogP contribution in [-0.2, 0) is 14.3 Å². The van der Waals surface area contributed by atoms with Crippen molar-refractivity contribution in [1.29, 1.82) is 0 Å². The van der Waals surface area contributed by atoms with Crippen LogP contribution in [0.1, 0.15) is 108 Å². The monoisotopic (exact) mass is 660 g/mol. The average Bonchev–Trinajstić information content (AvgIpc) is 3.13. The summed E-state index contributed by atoms with van der Waals surface area (Å²) in [6, 6.07) is 7.94. The van der Waals surface area contributed by atoms with E-state index in [4.69, 9.17) is 14.2 Å². The SMILES string of the molecule is CCC1CCC(C2CCC(C(=O)Oc3ccc(OC(=O)C4CCC(C)CC4)cc3-n3cccc(C(=O)N4CCOCC4)c3=O)CC2)CC1. The molecule has 1 aromatic carbocycles. The van der Waals surface area contributed by atoms with Gasteiger partial charge < -0.3 is 19.1 Å². The maximum Gasteiger partial charge on any atom is 0.314 e. The van der Waals surface area contributed by atoms with Gasteiger partial charge >= 0.3 is 11.9 Å². The third-order valence-electron chi connectivity index (χ3n) is 11.7. The van der Waals surface area contributed by atoms with E-state index in [0.717, 1.165) is 63.2 Å². The van der Waals surface area contributed by atoms with Crippen molar-refractivity contribution in [2.24, 2.45) is 35.5 Å². The van der Waals surface area contributed by atoms with E-state index in [-0.39, 0.29) is 52.4 Å². The van der Waals surface area contributed by atoms with Gasteiger partial charge in [0.25, 0.3) is 11.5 Å². The molecule has 6 rings (SSSR count). The molecule has 0 bridgehead atoms. The zero-order valence-electron chi connectivity index (χ0n) is 28.7. The standard InChI is InChI=1S/C39H52N2O7/c1-3-27-8-12-28(13-9-27)29-14-16-31(17-15-29)39(45)48-35-19-18-32(47-38(44)30-10-6-26(2)7-11-30)25-34(35)41-20-4-5-33(37(41)43)36(42)40-21-23-46-24-22-40/h4-5,18-20,25-31H,3,6-17,21-24H2,1-2H3. The summed E-state index contributed by atoms with van der Waals surface area (Å²) in [6.07, 6.45) is 15.3. The Bertz CT molecular complexity index is 1490. The zero-order chi connectivity index (χ0) is 33.6. The number of carbonyl (C=O) groups excluding carboxylic acids is 3. The summed E-state index contributed by atoms with van der Waals surface area (Å²) in [5.74, 6) is 2.04. The number of hydrogen-bond donors (Lipinski definition) is 0.